The minimum atomic E-state index is -1.05. The molecule has 74 valence electrons. The normalized spacial score (nSPS) is 27.5. The van der Waals surface area contributed by atoms with Crippen molar-refractivity contribution in [3.8, 4) is 0 Å². The predicted molar refractivity (Wildman–Crippen MR) is 45.0 cm³/mol. The molecule has 0 amide bonds. The smallest absolute Gasteiger partial charge is 0.351 e. The van der Waals surface area contributed by atoms with Gasteiger partial charge in [-0.25, -0.2) is 4.79 Å². The van der Waals surface area contributed by atoms with Crippen LogP contribution in [0.15, 0.2) is 0 Å². The Hall–Kier alpha value is -1.06. The van der Waals surface area contributed by atoms with Gasteiger partial charge < -0.3 is 9.47 Å². The highest BCUT2D eigenvalue weighted by Gasteiger charge is 2.50. The van der Waals surface area contributed by atoms with Gasteiger partial charge in [0.25, 0.3) is 0 Å². The van der Waals surface area contributed by atoms with Gasteiger partial charge in [-0.2, -0.15) is 0 Å². The molecule has 1 rings (SSSR count). The first-order valence-electron chi connectivity index (χ1n) is 4.18. The third-order valence-electron chi connectivity index (χ3n) is 1.65. The summed E-state index contributed by atoms with van der Waals surface area (Å²) in [6.07, 6.45) is 0.113. The van der Waals surface area contributed by atoms with Crippen LogP contribution < -0.4 is 0 Å². The van der Waals surface area contributed by atoms with Gasteiger partial charge in [-0.15, -0.1) is 0 Å². The molecule has 1 heterocycles. The average molecular weight is 186 g/mol. The predicted octanol–water partition coefficient (Wildman–Crippen LogP) is 1.03. The summed E-state index contributed by atoms with van der Waals surface area (Å²) in [4.78, 5) is 22.0. The molecule has 0 aromatic heterocycles. The second kappa shape index (κ2) is 2.72. The van der Waals surface area contributed by atoms with E-state index in [1.54, 1.807) is 27.7 Å². The summed E-state index contributed by atoms with van der Waals surface area (Å²) in [5.41, 5.74) is -1.59. The van der Waals surface area contributed by atoms with E-state index >= 15 is 0 Å². The lowest BCUT2D eigenvalue weighted by Crippen LogP contribution is -2.53. The molecular formula is C9H14O4. The SMILES string of the molecule is CC(C)(C)OC(=O)C1(C)CC(=O)O1. The van der Waals surface area contributed by atoms with Crippen molar-refractivity contribution >= 4 is 11.9 Å². The van der Waals surface area contributed by atoms with Crippen molar-refractivity contribution in [1.82, 2.24) is 0 Å². The van der Waals surface area contributed by atoms with Crippen molar-refractivity contribution in [3.05, 3.63) is 0 Å². The fourth-order valence-electron chi connectivity index (χ4n) is 1.02. The number of hydrogen-bond donors (Lipinski definition) is 0. The third-order valence-corrected chi connectivity index (χ3v) is 1.65. The highest BCUT2D eigenvalue weighted by molar-refractivity contribution is 5.93. The first-order valence-corrected chi connectivity index (χ1v) is 4.18. The number of rotatable bonds is 1. The van der Waals surface area contributed by atoms with Crippen LogP contribution in [0.4, 0.5) is 0 Å². The average Bonchev–Trinajstić information content (AvgIpc) is 1.80. The van der Waals surface area contributed by atoms with Crippen LogP contribution in [0.5, 0.6) is 0 Å². The number of ether oxygens (including phenoxy) is 2. The van der Waals surface area contributed by atoms with E-state index in [2.05, 4.69) is 0 Å². The van der Waals surface area contributed by atoms with E-state index in [0.29, 0.717) is 0 Å². The summed E-state index contributed by atoms with van der Waals surface area (Å²) in [7, 11) is 0. The largest absolute Gasteiger partial charge is 0.457 e. The standard InChI is InChI=1S/C9H14O4/c1-8(2,3)13-7(11)9(4)5-6(10)12-9/h5H2,1-4H3. The number of esters is 2. The fourth-order valence-corrected chi connectivity index (χ4v) is 1.02. The zero-order chi connectivity index (χ0) is 10.3. The molecule has 1 saturated heterocycles. The van der Waals surface area contributed by atoms with Crippen LogP contribution in [0.1, 0.15) is 34.1 Å². The van der Waals surface area contributed by atoms with Crippen LogP contribution in [-0.2, 0) is 19.1 Å². The topological polar surface area (TPSA) is 52.6 Å². The zero-order valence-corrected chi connectivity index (χ0v) is 8.34. The Kier molecular flexibility index (Phi) is 2.10. The lowest BCUT2D eigenvalue weighted by Gasteiger charge is -2.36. The van der Waals surface area contributed by atoms with Gasteiger partial charge in [-0.05, 0) is 27.7 Å². The van der Waals surface area contributed by atoms with Crippen molar-refractivity contribution in [3.63, 3.8) is 0 Å². The van der Waals surface area contributed by atoms with E-state index < -0.39 is 17.2 Å². The first-order chi connectivity index (χ1) is 5.73. The molecule has 1 unspecified atom stereocenters. The molecule has 1 aliphatic heterocycles. The van der Waals surface area contributed by atoms with Gasteiger partial charge >= 0.3 is 11.9 Å². The van der Waals surface area contributed by atoms with Gasteiger partial charge in [0.1, 0.15) is 5.60 Å². The Morgan fingerprint density at radius 3 is 2.31 bits per heavy atom. The lowest BCUT2D eigenvalue weighted by molar-refractivity contribution is -0.210. The van der Waals surface area contributed by atoms with E-state index in [0.717, 1.165) is 0 Å². The van der Waals surface area contributed by atoms with Crippen molar-refractivity contribution in [2.75, 3.05) is 0 Å². The Labute approximate surface area is 77.2 Å². The van der Waals surface area contributed by atoms with Crippen LogP contribution in [0.2, 0.25) is 0 Å². The van der Waals surface area contributed by atoms with Gasteiger partial charge in [-0.1, -0.05) is 0 Å². The van der Waals surface area contributed by atoms with Gasteiger partial charge in [-0.3, -0.25) is 4.79 Å². The maximum Gasteiger partial charge on any atom is 0.351 e. The molecule has 1 aliphatic rings. The van der Waals surface area contributed by atoms with Crippen LogP contribution in [-0.4, -0.2) is 23.1 Å². The molecule has 0 bridgehead atoms. The number of carbonyl (C=O) groups is 2. The van der Waals surface area contributed by atoms with E-state index in [1.807, 2.05) is 0 Å². The second-order valence-electron chi connectivity index (χ2n) is 4.38. The van der Waals surface area contributed by atoms with Crippen molar-refractivity contribution in [2.24, 2.45) is 0 Å². The summed E-state index contributed by atoms with van der Waals surface area (Å²) in [6.45, 7) is 6.88. The molecule has 13 heavy (non-hydrogen) atoms. The molecule has 0 aromatic rings. The van der Waals surface area contributed by atoms with Crippen LogP contribution in [0.3, 0.4) is 0 Å². The molecule has 1 atom stereocenters. The van der Waals surface area contributed by atoms with E-state index in [-0.39, 0.29) is 12.4 Å². The quantitative estimate of drug-likeness (QED) is 0.574. The van der Waals surface area contributed by atoms with Crippen molar-refractivity contribution in [2.45, 2.75) is 45.3 Å². The van der Waals surface area contributed by atoms with Crippen LogP contribution in [0.25, 0.3) is 0 Å². The number of carbonyl (C=O) groups excluding carboxylic acids is 2. The molecule has 4 heteroatoms. The monoisotopic (exact) mass is 186 g/mol. The molecule has 4 nitrogen and oxygen atoms in total. The third kappa shape index (κ3) is 2.20. The van der Waals surface area contributed by atoms with Crippen molar-refractivity contribution in [1.29, 1.82) is 0 Å². The highest BCUT2D eigenvalue weighted by atomic mass is 16.6. The number of hydrogen-bond acceptors (Lipinski definition) is 4. The first kappa shape index (κ1) is 10.0. The minimum absolute atomic E-state index is 0.113. The van der Waals surface area contributed by atoms with E-state index in [1.165, 1.54) is 0 Å². The lowest BCUT2D eigenvalue weighted by atomic mass is 9.97. The maximum absolute atomic E-state index is 11.4. The van der Waals surface area contributed by atoms with Gasteiger partial charge in [0, 0.05) is 0 Å². The minimum Gasteiger partial charge on any atom is -0.457 e. The molecule has 0 aromatic carbocycles. The summed E-state index contributed by atoms with van der Waals surface area (Å²) in [6, 6.07) is 0. The van der Waals surface area contributed by atoms with Gasteiger partial charge in [0.2, 0.25) is 5.60 Å². The summed E-state index contributed by atoms with van der Waals surface area (Å²) >= 11 is 0. The molecule has 0 saturated carbocycles. The molecule has 0 radical (unpaired) electrons. The van der Waals surface area contributed by atoms with Crippen LogP contribution >= 0.6 is 0 Å². The van der Waals surface area contributed by atoms with Crippen molar-refractivity contribution < 1.29 is 19.1 Å². The molecular weight excluding hydrogens is 172 g/mol. The molecule has 0 aliphatic carbocycles. The second-order valence-corrected chi connectivity index (χ2v) is 4.38. The molecule has 0 N–H and O–H groups in total. The molecule has 0 spiro atoms. The number of cyclic esters (lactones) is 1. The summed E-state index contributed by atoms with van der Waals surface area (Å²) in [5.74, 6) is -0.826. The van der Waals surface area contributed by atoms with E-state index in [4.69, 9.17) is 9.47 Å². The van der Waals surface area contributed by atoms with Gasteiger partial charge in [0.05, 0.1) is 6.42 Å². The van der Waals surface area contributed by atoms with Gasteiger partial charge in [0.15, 0.2) is 0 Å². The molecule has 1 fully saturated rings. The summed E-state index contributed by atoms with van der Waals surface area (Å²) < 4.78 is 9.80. The van der Waals surface area contributed by atoms with Crippen LogP contribution in [0, 0.1) is 0 Å². The Morgan fingerprint density at radius 2 is 2.00 bits per heavy atom. The highest BCUT2D eigenvalue weighted by Crippen LogP contribution is 2.30. The Balaban J connectivity index is 2.54. The van der Waals surface area contributed by atoms with E-state index in [9.17, 15) is 9.59 Å². The fraction of sp³-hybridized carbons (Fsp3) is 0.778. The maximum atomic E-state index is 11.4. The Morgan fingerprint density at radius 1 is 1.54 bits per heavy atom. The summed E-state index contributed by atoms with van der Waals surface area (Å²) in [5, 5.41) is 0. The Bertz CT molecular complexity index is 241. The zero-order valence-electron chi connectivity index (χ0n) is 8.34.